The minimum atomic E-state index is -1.24. The minimum Gasteiger partial charge on any atom is -0.495 e. The third-order valence-electron chi connectivity index (χ3n) is 1.98. The Hall–Kier alpha value is -1.29. The van der Waals surface area contributed by atoms with Gasteiger partial charge in [-0.05, 0) is 19.9 Å². The molecule has 14 heavy (non-hydrogen) atoms. The van der Waals surface area contributed by atoms with Crippen molar-refractivity contribution in [1.82, 2.24) is 0 Å². The van der Waals surface area contributed by atoms with Gasteiger partial charge in [-0.1, -0.05) is 0 Å². The largest absolute Gasteiger partial charge is 0.495 e. The molecule has 0 atom stereocenters. The minimum absolute atomic E-state index is 0.170. The zero-order chi connectivity index (χ0) is 10.9. The Balaban J connectivity index is 3.32. The van der Waals surface area contributed by atoms with Crippen molar-refractivity contribution in [3.05, 3.63) is 23.5 Å². The van der Waals surface area contributed by atoms with Gasteiger partial charge in [0.15, 0.2) is 0 Å². The molecule has 1 aromatic rings. The average molecular weight is 199 g/mol. The topological polar surface area (TPSA) is 55.5 Å². The summed E-state index contributed by atoms with van der Waals surface area (Å²) >= 11 is 0. The van der Waals surface area contributed by atoms with Crippen LogP contribution in [-0.4, -0.2) is 12.2 Å². The second-order valence-corrected chi connectivity index (χ2v) is 3.63. The van der Waals surface area contributed by atoms with Gasteiger partial charge >= 0.3 is 0 Å². The van der Waals surface area contributed by atoms with E-state index >= 15 is 0 Å². The first-order chi connectivity index (χ1) is 6.36. The lowest BCUT2D eigenvalue weighted by molar-refractivity contribution is 0.0743. The maximum absolute atomic E-state index is 13.4. The van der Waals surface area contributed by atoms with E-state index in [9.17, 15) is 9.50 Å². The molecule has 0 aliphatic heterocycles. The highest BCUT2D eigenvalue weighted by Crippen LogP contribution is 2.31. The Morgan fingerprint density at radius 3 is 2.43 bits per heavy atom. The van der Waals surface area contributed by atoms with E-state index in [2.05, 4.69) is 0 Å². The molecule has 0 fully saturated rings. The first-order valence-electron chi connectivity index (χ1n) is 4.22. The molecule has 1 aromatic carbocycles. The molecule has 3 nitrogen and oxygen atoms in total. The number of anilines is 1. The molecule has 0 saturated heterocycles. The number of hydrogen-bond donors (Lipinski definition) is 2. The Morgan fingerprint density at radius 1 is 1.43 bits per heavy atom. The molecule has 0 radical (unpaired) electrons. The van der Waals surface area contributed by atoms with Gasteiger partial charge < -0.3 is 15.6 Å². The highest BCUT2D eigenvalue weighted by molar-refractivity contribution is 5.55. The van der Waals surface area contributed by atoms with E-state index in [1.165, 1.54) is 27.0 Å². The molecular formula is C10H14FNO2. The fraction of sp³-hybridized carbons (Fsp3) is 0.400. The Labute approximate surface area is 82.3 Å². The molecule has 0 saturated carbocycles. The quantitative estimate of drug-likeness (QED) is 0.712. The number of nitrogens with two attached hydrogens (primary N) is 1. The van der Waals surface area contributed by atoms with Gasteiger partial charge in [0, 0.05) is 11.6 Å². The molecule has 0 aliphatic rings. The fourth-order valence-electron chi connectivity index (χ4n) is 1.21. The van der Waals surface area contributed by atoms with Crippen LogP contribution in [0.1, 0.15) is 19.4 Å². The Kier molecular flexibility index (Phi) is 2.66. The maximum atomic E-state index is 13.4. The summed E-state index contributed by atoms with van der Waals surface area (Å²) in [6.07, 6.45) is 0. The van der Waals surface area contributed by atoms with Crippen molar-refractivity contribution < 1.29 is 14.2 Å². The van der Waals surface area contributed by atoms with Gasteiger partial charge in [-0.25, -0.2) is 4.39 Å². The van der Waals surface area contributed by atoms with Crippen molar-refractivity contribution in [2.24, 2.45) is 0 Å². The van der Waals surface area contributed by atoms with Crippen LogP contribution in [0.3, 0.4) is 0 Å². The SMILES string of the molecule is COc1cc(C(C)(C)O)c(F)cc1N. The predicted molar refractivity (Wildman–Crippen MR) is 52.6 cm³/mol. The number of methoxy groups -OCH3 is 1. The van der Waals surface area contributed by atoms with E-state index in [0.717, 1.165) is 6.07 Å². The fourth-order valence-corrected chi connectivity index (χ4v) is 1.21. The lowest BCUT2D eigenvalue weighted by Gasteiger charge is -2.19. The Morgan fingerprint density at radius 2 is 2.00 bits per heavy atom. The first-order valence-corrected chi connectivity index (χ1v) is 4.22. The molecule has 3 N–H and O–H groups in total. The average Bonchev–Trinajstić information content (AvgIpc) is 2.02. The van der Waals surface area contributed by atoms with Crippen LogP contribution in [0.4, 0.5) is 10.1 Å². The summed E-state index contributed by atoms with van der Waals surface area (Å²) < 4.78 is 18.3. The standard InChI is InChI=1S/C10H14FNO2/c1-10(2,13)6-4-9(14-3)8(12)5-7(6)11/h4-5,13H,12H2,1-3H3. The van der Waals surface area contributed by atoms with Crippen LogP contribution in [0.15, 0.2) is 12.1 Å². The van der Waals surface area contributed by atoms with Gasteiger partial charge in [-0.15, -0.1) is 0 Å². The van der Waals surface area contributed by atoms with E-state index in [-0.39, 0.29) is 11.3 Å². The lowest BCUT2D eigenvalue weighted by atomic mass is 9.97. The summed E-state index contributed by atoms with van der Waals surface area (Å²) in [5, 5.41) is 9.64. The van der Waals surface area contributed by atoms with Crippen LogP contribution >= 0.6 is 0 Å². The van der Waals surface area contributed by atoms with E-state index in [1.54, 1.807) is 0 Å². The van der Waals surface area contributed by atoms with Crippen molar-refractivity contribution in [2.75, 3.05) is 12.8 Å². The highest BCUT2D eigenvalue weighted by Gasteiger charge is 2.22. The van der Waals surface area contributed by atoms with Crippen molar-refractivity contribution in [3.63, 3.8) is 0 Å². The summed E-state index contributed by atoms with van der Waals surface area (Å²) in [6.45, 7) is 3.00. The molecular weight excluding hydrogens is 185 g/mol. The number of rotatable bonds is 2. The van der Waals surface area contributed by atoms with Crippen molar-refractivity contribution >= 4 is 5.69 Å². The van der Waals surface area contributed by atoms with Gasteiger partial charge in [0.1, 0.15) is 11.6 Å². The first kappa shape index (κ1) is 10.8. The van der Waals surface area contributed by atoms with Gasteiger partial charge in [0.05, 0.1) is 18.4 Å². The monoisotopic (exact) mass is 199 g/mol. The second kappa shape index (κ2) is 3.46. The molecule has 0 bridgehead atoms. The predicted octanol–water partition coefficient (Wildman–Crippen LogP) is 1.64. The molecule has 0 spiro atoms. The second-order valence-electron chi connectivity index (χ2n) is 3.63. The van der Waals surface area contributed by atoms with Crippen molar-refractivity contribution in [1.29, 1.82) is 0 Å². The molecule has 0 aromatic heterocycles. The van der Waals surface area contributed by atoms with Crippen molar-refractivity contribution in [2.45, 2.75) is 19.4 Å². The number of ether oxygens (including phenoxy) is 1. The zero-order valence-electron chi connectivity index (χ0n) is 8.47. The van der Waals surface area contributed by atoms with Crippen LogP contribution in [-0.2, 0) is 5.60 Å². The molecule has 1 rings (SSSR count). The summed E-state index contributed by atoms with van der Waals surface area (Å²) in [5.41, 5.74) is 4.64. The van der Waals surface area contributed by atoms with Crippen LogP contribution < -0.4 is 10.5 Å². The Bertz CT molecular complexity index is 345. The maximum Gasteiger partial charge on any atom is 0.142 e. The smallest absolute Gasteiger partial charge is 0.142 e. The van der Waals surface area contributed by atoms with Gasteiger partial charge in [-0.2, -0.15) is 0 Å². The third-order valence-corrected chi connectivity index (χ3v) is 1.98. The number of halogens is 1. The summed E-state index contributed by atoms with van der Waals surface area (Å²) in [6, 6.07) is 2.55. The van der Waals surface area contributed by atoms with Gasteiger partial charge in [0.25, 0.3) is 0 Å². The van der Waals surface area contributed by atoms with E-state index < -0.39 is 11.4 Å². The normalized spacial score (nSPS) is 11.5. The number of hydrogen-bond acceptors (Lipinski definition) is 3. The molecule has 0 heterocycles. The lowest BCUT2D eigenvalue weighted by Crippen LogP contribution is -2.18. The summed E-state index contributed by atoms with van der Waals surface area (Å²) in [4.78, 5) is 0. The zero-order valence-corrected chi connectivity index (χ0v) is 8.47. The van der Waals surface area contributed by atoms with Crippen molar-refractivity contribution in [3.8, 4) is 5.75 Å². The number of aliphatic hydroxyl groups is 1. The summed E-state index contributed by atoms with van der Waals surface area (Å²) in [7, 11) is 1.44. The van der Waals surface area contributed by atoms with Gasteiger partial charge in [0.2, 0.25) is 0 Å². The van der Waals surface area contributed by atoms with Crippen LogP contribution in [0.2, 0.25) is 0 Å². The van der Waals surface area contributed by atoms with Crippen LogP contribution in [0.5, 0.6) is 5.75 Å². The molecule has 0 unspecified atom stereocenters. The molecule has 78 valence electrons. The van der Waals surface area contributed by atoms with Crippen LogP contribution in [0.25, 0.3) is 0 Å². The number of nitrogen functional groups attached to an aromatic ring is 1. The van der Waals surface area contributed by atoms with E-state index in [1.807, 2.05) is 0 Å². The highest BCUT2D eigenvalue weighted by atomic mass is 19.1. The summed E-state index contributed by atoms with van der Waals surface area (Å²) in [5.74, 6) is -0.167. The third kappa shape index (κ3) is 1.96. The molecule has 4 heteroatoms. The van der Waals surface area contributed by atoms with Crippen LogP contribution in [0, 0.1) is 5.82 Å². The number of benzene rings is 1. The molecule has 0 aliphatic carbocycles. The van der Waals surface area contributed by atoms with E-state index in [4.69, 9.17) is 10.5 Å². The van der Waals surface area contributed by atoms with Gasteiger partial charge in [-0.3, -0.25) is 0 Å². The molecule has 0 amide bonds. The van der Waals surface area contributed by atoms with E-state index in [0.29, 0.717) is 5.75 Å².